The van der Waals surface area contributed by atoms with Crippen LogP contribution in [0.2, 0.25) is 5.02 Å². The van der Waals surface area contributed by atoms with Gasteiger partial charge in [-0.1, -0.05) is 23.7 Å². The van der Waals surface area contributed by atoms with Gasteiger partial charge in [0.1, 0.15) is 6.07 Å². The van der Waals surface area contributed by atoms with Crippen molar-refractivity contribution in [2.45, 2.75) is 13.5 Å². The zero-order valence-electron chi connectivity index (χ0n) is 11.5. The predicted octanol–water partition coefficient (Wildman–Crippen LogP) is 3.74. The molecule has 0 bridgehead atoms. The minimum absolute atomic E-state index is 0.601. The molecule has 4 heteroatoms. The lowest BCUT2D eigenvalue weighted by molar-refractivity contribution is 0.915. The van der Waals surface area contributed by atoms with Gasteiger partial charge in [0.25, 0.3) is 0 Å². The molecule has 0 spiro atoms. The van der Waals surface area contributed by atoms with Crippen LogP contribution in [0.25, 0.3) is 0 Å². The number of rotatable bonds is 3. The molecular formula is C16H16ClN3. The number of nitrogens with zero attached hydrogens (tertiary/aromatic N) is 2. The molecule has 0 fully saturated rings. The van der Waals surface area contributed by atoms with Crippen molar-refractivity contribution in [3.8, 4) is 6.07 Å². The Morgan fingerprint density at radius 2 is 2.05 bits per heavy atom. The van der Waals surface area contributed by atoms with E-state index >= 15 is 0 Å². The van der Waals surface area contributed by atoms with E-state index in [0.29, 0.717) is 22.8 Å². The summed E-state index contributed by atoms with van der Waals surface area (Å²) >= 11 is 6.19. The van der Waals surface area contributed by atoms with E-state index in [1.807, 2.05) is 43.1 Å². The molecule has 0 amide bonds. The normalized spacial score (nSPS) is 10.1. The summed E-state index contributed by atoms with van der Waals surface area (Å²) in [6.07, 6.45) is 0. The molecule has 2 aromatic rings. The molecule has 3 nitrogen and oxygen atoms in total. The number of para-hydroxylation sites is 1. The molecule has 0 unspecified atom stereocenters. The van der Waals surface area contributed by atoms with Gasteiger partial charge in [-0.3, -0.25) is 0 Å². The summed E-state index contributed by atoms with van der Waals surface area (Å²) in [7, 11) is 1.95. The van der Waals surface area contributed by atoms with E-state index < -0.39 is 0 Å². The lowest BCUT2D eigenvalue weighted by Gasteiger charge is -2.23. The fraction of sp³-hybridized carbons (Fsp3) is 0.188. The SMILES string of the molecule is Cc1cccc(C#N)c1N(C)Cc1cc(N)ccc1Cl. The van der Waals surface area contributed by atoms with Crippen LogP contribution in [-0.2, 0) is 6.54 Å². The van der Waals surface area contributed by atoms with Crippen LogP contribution in [0, 0.1) is 18.3 Å². The highest BCUT2D eigenvalue weighted by atomic mass is 35.5. The third kappa shape index (κ3) is 2.87. The van der Waals surface area contributed by atoms with Crippen molar-refractivity contribution in [3.05, 3.63) is 58.1 Å². The van der Waals surface area contributed by atoms with Crippen LogP contribution in [-0.4, -0.2) is 7.05 Å². The molecular weight excluding hydrogens is 270 g/mol. The van der Waals surface area contributed by atoms with E-state index in [1.54, 1.807) is 12.1 Å². The highest BCUT2D eigenvalue weighted by Gasteiger charge is 2.12. The summed E-state index contributed by atoms with van der Waals surface area (Å²) in [5.41, 5.74) is 10.1. The first-order valence-electron chi connectivity index (χ1n) is 6.27. The Balaban J connectivity index is 2.36. The fourth-order valence-corrected chi connectivity index (χ4v) is 2.48. The van der Waals surface area contributed by atoms with Crippen molar-refractivity contribution in [2.24, 2.45) is 0 Å². The van der Waals surface area contributed by atoms with E-state index in [1.165, 1.54) is 0 Å². The molecule has 0 aliphatic rings. The molecule has 0 saturated heterocycles. The second-order valence-electron chi connectivity index (χ2n) is 4.79. The quantitative estimate of drug-likeness (QED) is 0.874. The van der Waals surface area contributed by atoms with Crippen LogP contribution in [0.15, 0.2) is 36.4 Å². The van der Waals surface area contributed by atoms with Crippen LogP contribution in [0.5, 0.6) is 0 Å². The highest BCUT2D eigenvalue weighted by molar-refractivity contribution is 6.31. The summed E-state index contributed by atoms with van der Waals surface area (Å²) in [5.74, 6) is 0. The van der Waals surface area contributed by atoms with Gasteiger partial charge in [0, 0.05) is 24.3 Å². The van der Waals surface area contributed by atoms with Crippen LogP contribution in [0.1, 0.15) is 16.7 Å². The molecule has 0 radical (unpaired) electrons. The Kier molecular flexibility index (Phi) is 4.16. The highest BCUT2D eigenvalue weighted by Crippen LogP contribution is 2.27. The average molecular weight is 286 g/mol. The average Bonchev–Trinajstić information content (AvgIpc) is 2.42. The third-order valence-corrected chi connectivity index (χ3v) is 3.59. The molecule has 2 rings (SSSR count). The first-order valence-corrected chi connectivity index (χ1v) is 6.65. The predicted molar refractivity (Wildman–Crippen MR) is 83.9 cm³/mol. The lowest BCUT2D eigenvalue weighted by Crippen LogP contribution is -2.19. The minimum atomic E-state index is 0.601. The van der Waals surface area contributed by atoms with Crippen molar-refractivity contribution in [1.82, 2.24) is 0 Å². The summed E-state index contributed by atoms with van der Waals surface area (Å²) in [4.78, 5) is 2.02. The zero-order valence-corrected chi connectivity index (χ0v) is 12.3. The summed E-state index contributed by atoms with van der Waals surface area (Å²) < 4.78 is 0. The molecule has 0 aromatic heterocycles. The number of aryl methyl sites for hydroxylation is 1. The first-order chi connectivity index (χ1) is 9.52. The Morgan fingerprint density at radius 1 is 1.30 bits per heavy atom. The third-order valence-electron chi connectivity index (χ3n) is 3.22. The Hall–Kier alpha value is -2.18. The summed E-state index contributed by atoms with van der Waals surface area (Å²) in [6, 6.07) is 13.4. The maximum atomic E-state index is 9.23. The number of hydrogen-bond donors (Lipinski definition) is 1. The van der Waals surface area contributed by atoms with Crippen molar-refractivity contribution >= 4 is 23.0 Å². The van der Waals surface area contributed by atoms with Crippen LogP contribution in [0.4, 0.5) is 11.4 Å². The number of anilines is 2. The van der Waals surface area contributed by atoms with Crippen molar-refractivity contribution < 1.29 is 0 Å². The lowest BCUT2D eigenvalue weighted by atomic mass is 10.1. The van der Waals surface area contributed by atoms with Crippen LogP contribution >= 0.6 is 11.6 Å². The number of halogens is 1. The maximum Gasteiger partial charge on any atom is 0.101 e. The van der Waals surface area contributed by atoms with Gasteiger partial charge in [-0.15, -0.1) is 0 Å². The monoisotopic (exact) mass is 285 g/mol. The molecule has 20 heavy (non-hydrogen) atoms. The molecule has 0 heterocycles. The molecule has 102 valence electrons. The number of nitrogen functional groups attached to an aromatic ring is 1. The van der Waals surface area contributed by atoms with Crippen molar-refractivity contribution in [2.75, 3.05) is 17.7 Å². The van der Waals surface area contributed by atoms with Crippen molar-refractivity contribution in [3.63, 3.8) is 0 Å². The molecule has 0 atom stereocenters. The van der Waals surface area contributed by atoms with E-state index in [-0.39, 0.29) is 0 Å². The van der Waals surface area contributed by atoms with Gasteiger partial charge in [-0.2, -0.15) is 5.26 Å². The molecule has 2 N–H and O–H groups in total. The van der Waals surface area contributed by atoms with Crippen molar-refractivity contribution in [1.29, 1.82) is 5.26 Å². The number of hydrogen-bond acceptors (Lipinski definition) is 3. The minimum Gasteiger partial charge on any atom is -0.399 e. The Bertz CT molecular complexity index is 674. The van der Waals surface area contributed by atoms with Crippen LogP contribution < -0.4 is 10.6 Å². The second kappa shape index (κ2) is 5.85. The molecule has 2 aromatic carbocycles. The van der Waals surface area contributed by atoms with Gasteiger partial charge in [0.05, 0.1) is 11.3 Å². The van der Waals surface area contributed by atoms with E-state index in [2.05, 4.69) is 6.07 Å². The molecule has 0 aliphatic heterocycles. The zero-order chi connectivity index (χ0) is 14.7. The molecule has 0 aliphatic carbocycles. The fourth-order valence-electron chi connectivity index (χ4n) is 2.31. The number of nitrogens with two attached hydrogens (primary N) is 1. The largest absolute Gasteiger partial charge is 0.399 e. The standard InChI is InChI=1S/C16H16ClN3/c1-11-4-3-5-12(9-18)16(11)20(2)10-13-8-14(19)6-7-15(13)17/h3-8H,10,19H2,1-2H3. The van der Waals surface area contributed by atoms with E-state index in [4.69, 9.17) is 17.3 Å². The van der Waals surface area contributed by atoms with Gasteiger partial charge in [0.15, 0.2) is 0 Å². The Labute approximate surface area is 124 Å². The summed E-state index contributed by atoms with van der Waals surface area (Å²) in [5, 5.41) is 9.91. The molecule has 0 saturated carbocycles. The smallest absolute Gasteiger partial charge is 0.101 e. The van der Waals surface area contributed by atoms with E-state index in [9.17, 15) is 5.26 Å². The van der Waals surface area contributed by atoms with Gasteiger partial charge >= 0.3 is 0 Å². The second-order valence-corrected chi connectivity index (χ2v) is 5.20. The topological polar surface area (TPSA) is 53.0 Å². The summed E-state index contributed by atoms with van der Waals surface area (Å²) in [6.45, 7) is 2.59. The van der Waals surface area contributed by atoms with Gasteiger partial charge in [-0.25, -0.2) is 0 Å². The maximum absolute atomic E-state index is 9.23. The van der Waals surface area contributed by atoms with Gasteiger partial charge in [0.2, 0.25) is 0 Å². The number of benzene rings is 2. The van der Waals surface area contributed by atoms with Gasteiger partial charge in [-0.05, 0) is 42.3 Å². The number of nitriles is 1. The Morgan fingerprint density at radius 3 is 2.75 bits per heavy atom. The van der Waals surface area contributed by atoms with Gasteiger partial charge < -0.3 is 10.6 Å². The first kappa shape index (κ1) is 14.2. The van der Waals surface area contributed by atoms with Crippen LogP contribution in [0.3, 0.4) is 0 Å². The van der Waals surface area contributed by atoms with E-state index in [0.717, 1.165) is 16.8 Å².